The largest absolute Gasteiger partial charge is 0.397 e. The second kappa shape index (κ2) is 4.75. The Morgan fingerprint density at radius 3 is 2.63 bits per heavy atom. The lowest BCUT2D eigenvalue weighted by Gasteiger charge is -2.19. The zero-order valence-corrected chi connectivity index (χ0v) is 12.5. The predicted molar refractivity (Wildman–Crippen MR) is 74.1 cm³/mol. The first-order valence-corrected chi connectivity index (χ1v) is 7.73. The SMILES string of the molecule is Cc1cc(N2CC(S(=O)(=O)F)CC2=O)c(N)cc1Br. The number of benzene rings is 1. The van der Waals surface area contributed by atoms with E-state index in [0.29, 0.717) is 11.4 Å². The van der Waals surface area contributed by atoms with E-state index in [4.69, 9.17) is 5.73 Å². The zero-order chi connectivity index (χ0) is 14.4. The van der Waals surface area contributed by atoms with Crippen molar-refractivity contribution < 1.29 is 17.1 Å². The highest BCUT2D eigenvalue weighted by Gasteiger charge is 2.39. The maximum Gasteiger partial charge on any atom is 0.307 e. The summed E-state index contributed by atoms with van der Waals surface area (Å²) in [5, 5.41) is -1.32. The number of rotatable bonds is 2. The molecule has 1 saturated heterocycles. The fourth-order valence-electron chi connectivity index (χ4n) is 2.01. The molecule has 0 bridgehead atoms. The van der Waals surface area contributed by atoms with E-state index in [1.54, 1.807) is 12.1 Å². The third kappa shape index (κ3) is 2.74. The highest BCUT2D eigenvalue weighted by atomic mass is 79.9. The number of nitrogens with two attached hydrogens (primary N) is 1. The number of halogens is 2. The van der Waals surface area contributed by atoms with Gasteiger partial charge in [-0.3, -0.25) is 4.79 Å². The fraction of sp³-hybridized carbons (Fsp3) is 0.364. The van der Waals surface area contributed by atoms with Crippen LogP contribution in [0.15, 0.2) is 16.6 Å². The van der Waals surface area contributed by atoms with Crippen LogP contribution in [0.5, 0.6) is 0 Å². The van der Waals surface area contributed by atoms with Crippen LogP contribution in [0, 0.1) is 6.92 Å². The van der Waals surface area contributed by atoms with E-state index in [1.165, 1.54) is 4.90 Å². The number of aryl methyl sites for hydroxylation is 1. The summed E-state index contributed by atoms with van der Waals surface area (Å²) in [6.07, 6.45) is -0.354. The van der Waals surface area contributed by atoms with Crippen LogP contribution in [-0.4, -0.2) is 26.1 Å². The Kier molecular flexibility index (Phi) is 3.57. The number of anilines is 2. The molecule has 1 aliphatic heterocycles. The molecule has 2 rings (SSSR count). The van der Waals surface area contributed by atoms with Crippen LogP contribution < -0.4 is 10.6 Å². The molecule has 1 unspecified atom stereocenters. The summed E-state index contributed by atoms with van der Waals surface area (Å²) >= 11 is 3.31. The highest BCUT2D eigenvalue weighted by Crippen LogP contribution is 2.33. The molecule has 0 saturated carbocycles. The van der Waals surface area contributed by atoms with Crippen LogP contribution in [0.1, 0.15) is 12.0 Å². The van der Waals surface area contributed by atoms with Gasteiger partial charge in [-0.15, -0.1) is 3.89 Å². The predicted octanol–water partition coefficient (Wildman–Crippen LogP) is 1.74. The Labute approximate surface area is 118 Å². The van der Waals surface area contributed by atoms with Gasteiger partial charge < -0.3 is 10.6 Å². The van der Waals surface area contributed by atoms with Gasteiger partial charge in [0.1, 0.15) is 5.25 Å². The summed E-state index contributed by atoms with van der Waals surface area (Å²) in [6.45, 7) is 1.61. The molecule has 0 radical (unpaired) electrons. The van der Waals surface area contributed by atoms with Gasteiger partial charge in [0.15, 0.2) is 0 Å². The van der Waals surface area contributed by atoms with Crippen molar-refractivity contribution in [1.29, 1.82) is 0 Å². The minimum atomic E-state index is -4.72. The molecule has 8 heteroatoms. The molecule has 104 valence electrons. The summed E-state index contributed by atoms with van der Waals surface area (Å²) in [7, 11) is -4.72. The molecule has 1 aromatic rings. The van der Waals surface area contributed by atoms with Gasteiger partial charge in [0.2, 0.25) is 5.91 Å². The molecule has 0 aliphatic carbocycles. The van der Waals surface area contributed by atoms with Crippen molar-refractivity contribution in [2.75, 3.05) is 17.2 Å². The second-order valence-electron chi connectivity index (χ2n) is 4.47. The van der Waals surface area contributed by atoms with Crippen LogP contribution in [0.2, 0.25) is 0 Å². The number of hydrogen-bond acceptors (Lipinski definition) is 4. The summed E-state index contributed by atoms with van der Waals surface area (Å²) in [4.78, 5) is 13.0. The van der Waals surface area contributed by atoms with Gasteiger partial charge in [0, 0.05) is 17.4 Å². The first-order chi connectivity index (χ1) is 8.70. The lowest BCUT2D eigenvalue weighted by molar-refractivity contribution is -0.117. The van der Waals surface area contributed by atoms with Crippen molar-refractivity contribution in [2.45, 2.75) is 18.6 Å². The van der Waals surface area contributed by atoms with Crippen LogP contribution in [-0.2, 0) is 15.0 Å². The van der Waals surface area contributed by atoms with Crippen molar-refractivity contribution in [2.24, 2.45) is 0 Å². The Bertz CT molecular complexity index is 648. The summed E-state index contributed by atoms with van der Waals surface area (Å²) in [5.74, 6) is -0.445. The molecule has 0 aromatic heterocycles. The van der Waals surface area contributed by atoms with E-state index < -0.39 is 21.4 Å². The van der Waals surface area contributed by atoms with E-state index in [2.05, 4.69) is 15.9 Å². The minimum absolute atomic E-state index is 0.205. The van der Waals surface area contributed by atoms with Gasteiger partial charge in [0.25, 0.3) is 0 Å². The number of nitrogen functional groups attached to an aromatic ring is 1. The van der Waals surface area contributed by atoms with E-state index in [9.17, 15) is 17.1 Å². The Balaban J connectivity index is 2.39. The monoisotopic (exact) mass is 350 g/mol. The Morgan fingerprint density at radius 2 is 2.11 bits per heavy atom. The lowest BCUT2D eigenvalue weighted by Crippen LogP contribution is -2.27. The van der Waals surface area contributed by atoms with E-state index in [-0.39, 0.29) is 13.0 Å². The minimum Gasteiger partial charge on any atom is -0.397 e. The average molecular weight is 351 g/mol. The Hall–Kier alpha value is -1.15. The first-order valence-electron chi connectivity index (χ1n) is 5.49. The van der Waals surface area contributed by atoms with Crippen LogP contribution in [0.4, 0.5) is 15.3 Å². The Morgan fingerprint density at radius 1 is 1.47 bits per heavy atom. The van der Waals surface area contributed by atoms with Crippen LogP contribution >= 0.6 is 15.9 Å². The molecule has 1 aliphatic rings. The van der Waals surface area contributed by atoms with E-state index >= 15 is 0 Å². The van der Waals surface area contributed by atoms with Gasteiger partial charge in [-0.25, -0.2) is 0 Å². The van der Waals surface area contributed by atoms with Crippen LogP contribution in [0.25, 0.3) is 0 Å². The molecule has 2 N–H and O–H groups in total. The van der Waals surface area contributed by atoms with Crippen LogP contribution in [0.3, 0.4) is 0 Å². The standard InChI is InChI=1S/C11H12BrFN2O3S/c1-6-2-10(9(14)4-8(6)12)15-5-7(3-11(15)16)19(13,17)18/h2,4,7H,3,5,14H2,1H3. The third-order valence-corrected chi connectivity index (χ3v) is 5.05. The average Bonchev–Trinajstić information content (AvgIpc) is 2.65. The van der Waals surface area contributed by atoms with Gasteiger partial charge in [-0.2, -0.15) is 8.42 Å². The summed E-state index contributed by atoms with van der Waals surface area (Å²) in [6, 6.07) is 3.31. The van der Waals surface area contributed by atoms with Crippen molar-refractivity contribution in [3.8, 4) is 0 Å². The normalized spacial score (nSPS) is 20.1. The number of nitrogens with zero attached hydrogens (tertiary/aromatic N) is 1. The van der Waals surface area contributed by atoms with Crippen molar-refractivity contribution >= 4 is 43.4 Å². The zero-order valence-electron chi connectivity index (χ0n) is 10.1. The maximum absolute atomic E-state index is 13.0. The fourth-order valence-corrected chi connectivity index (χ4v) is 3.04. The lowest BCUT2D eigenvalue weighted by atomic mass is 10.2. The van der Waals surface area contributed by atoms with E-state index in [0.717, 1.165) is 10.0 Å². The van der Waals surface area contributed by atoms with Crippen molar-refractivity contribution in [3.05, 3.63) is 22.2 Å². The summed E-state index contributed by atoms with van der Waals surface area (Å²) < 4.78 is 35.5. The topological polar surface area (TPSA) is 80.5 Å². The molecule has 1 fully saturated rings. The first kappa shape index (κ1) is 14.3. The van der Waals surface area contributed by atoms with Crippen molar-refractivity contribution in [1.82, 2.24) is 0 Å². The highest BCUT2D eigenvalue weighted by molar-refractivity contribution is 9.10. The quantitative estimate of drug-likeness (QED) is 0.650. The third-order valence-electron chi connectivity index (χ3n) is 3.09. The smallest absolute Gasteiger partial charge is 0.307 e. The van der Waals surface area contributed by atoms with E-state index in [1.807, 2.05) is 6.92 Å². The molecular formula is C11H12BrFN2O3S. The number of carbonyl (C=O) groups excluding carboxylic acids is 1. The number of carbonyl (C=O) groups is 1. The molecule has 1 heterocycles. The summed E-state index contributed by atoms with van der Waals surface area (Å²) in [5.41, 5.74) is 7.42. The van der Waals surface area contributed by atoms with Gasteiger partial charge in [-0.1, -0.05) is 15.9 Å². The molecule has 1 atom stereocenters. The second-order valence-corrected chi connectivity index (χ2v) is 6.94. The van der Waals surface area contributed by atoms with Gasteiger partial charge in [-0.05, 0) is 24.6 Å². The van der Waals surface area contributed by atoms with Gasteiger partial charge >= 0.3 is 10.2 Å². The number of amides is 1. The molecule has 19 heavy (non-hydrogen) atoms. The van der Waals surface area contributed by atoms with Crippen molar-refractivity contribution in [3.63, 3.8) is 0 Å². The molecule has 1 aromatic carbocycles. The molecular weight excluding hydrogens is 339 g/mol. The molecule has 0 spiro atoms. The van der Waals surface area contributed by atoms with Gasteiger partial charge in [0.05, 0.1) is 11.4 Å². The maximum atomic E-state index is 13.0. The molecule has 1 amide bonds. The number of hydrogen-bond donors (Lipinski definition) is 1. The molecule has 5 nitrogen and oxygen atoms in total.